The monoisotopic (exact) mass is 431 g/mol. The molecule has 5 nitrogen and oxygen atoms in total. The summed E-state index contributed by atoms with van der Waals surface area (Å²) < 4.78 is 47.1. The van der Waals surface area contributed by atoms with E-state index in [1.54, 1.807) is 30.2 Å². The lowest BCUT2D eigenvalue weighted by atomic mass is 10.0. The summed E-state index contributed by atoms with van der Waals surface area (Å²) in [5.41, 5.74) is 1.49. The molecule has 1 saturated heterocycles. The quantitative estimate of drug-likeness (QED) is 0.570. The van der Waals surface area contributed by atoms with Gasteiger partial charge in [0.2, 0.25) is 11.7 Å². The Labute approximate surface area is 178 Å². The van der Waals surface area contributed by atoms with E-state index in [-0.39, 0.29) is 17.5 Å². The first-order valence-corrected chi connectivity index (χ1v) is 10.3. The standard InChI is InChI=1S/C23H24F3N3O2/c1-31-17-12-10-16(11-13-17)19-8-3-2-6-14-28(19)21(30)15-29-20-9-5-4-7-18(20)27-22(29)23(24,25)26/h4-5,7,9-13,19H,2-3,6,8,14-15H2,1H3. The van der Waals surface area contributed by atoms with Crippen molar-refractivity contribution in [2.24, 2.45) is 0 Å². The highest BCUT2D eigenvalue weighted by Gasteiger charge is 2.38. The number of amides is 1. The highest BCUT2D eigenvalue weighted by molar-refractivity contribution is 5.81. The van der Waals surface area contributed by atoms with E-state index >= 15 is 0 Å². The van der Waals surface area contributed by atoms with E-state index < -0.39 is 18.5 Å². The Morgan fingerprint density at radius 3 is 2.55 bits per heavy atom. The van der Waals surface area contributed by atoms with Crippen LogP contribution in [0.5, 0.6) is 5.75 Å². The molecule has 1 amide bonds. The molecule has 1 unspecified atom stereocenters. The number of para-hydroxylation sites is 2. The number of ether oxygens (including phenoxy) is 1. The molecule has 0 bridgehead atoms. The van der Waals surface area contributed by atoms with Gasteiger partial charge in [0.1, 0.15) is 12.3 Å². The molecule has 3 aromatic rings. The lowest BCUT2D eigenvalue weighted by Crippen LogP contribution is -2.37. The molecule has 1 atom stereocenters. The Bertz CT molecular complexity index is 1060. The van der Waals surface area contributed by atoms with Crippen LogP contribution in [-0.2, 0) is 17.5 Å². The van der Waals surface area contributed by atoms with Gasteiger partial charge in [-0.1, -0.05) is 37.1 Å². The third-order valence-corrected chi connectivity index (χ3v) is 5.78. The van der Waals surface area contributed by atoms with Crippen molar-refractivity contribution in [3.05, 3.63) is 59.9 Å². The maximum atomic E-state index is 13.6. The van der Waals surface area contributed by atoms with Gasteiger partial charge in [0, 0.05) is 6.54 Å². The van der Waals surface area contributed by atoms with Gasteiger partial charge in [-0.3, -0.25) is 4.79 Å². The van der Waals surface area contributed by atoms with Gasteiger partial charge in [0.15, 0.2) is 0 Å². The van der Waals surface area contributed by atoms with Crippen molar-refractivity contribution < 1.29 is 22.7 Å². The normalized spacial score (nSPS) is 17.5. The molecular weight excluding hydrogens is 407 g/mol. The molecule has 0 radical (unpaired) electrons. The molecule has 0 N–H and O–H groups in total. The van der Waals surface area contributed by atoms with Crippen molar-refractivity contribution >= 4 is 16.9 Å². The van der Waals surface area contributed by atoms with Crippen LogP contribution in [0.15, 0.2) is 48.5 Å². The molecule has 164 valence electrons. The van der Waals surface area contributed by atoms with Crippen LogP contribution in [-0.4, -0.2) is 34.0 Å². The van der Waals surface area contributed by atoms with Gasteiger partial charge in [-0.15, -0.1) is 0 Å². The number of hydrogen-bond donors (Lipinski definition) is 0. The number of hydrogen-bond acceptors (Lipinski definition) is 3. The first-order chi connectivity index (χ1) is 14.9. The Morgan fingerprint density at radius 2 is 1.84 bits per heavy atom. The maximum Gasteiger partial charge on any atom is 0.449 e. The number of likely N-dealkylation sites (tertiary alicyclic amines) is 1. The molecule has 2 aromatic carbocycles. The first kappa shape index (κ1) is 21.2. The fourth-order valence-electron chi connectivity index (χ4n) is 4.26. The van der Waals surface area contributed by atoms with E-state index in [2.05, 4.69) is 4.98 Å². The van der Waals surface area contributed by atoms with E-state index in [1.165, 1.54) is 6.07 Å². The molecule has 1 aromatic heterocycles. The predicted molar refractivity (Wildman–Crippen MR) is 111 cm³/mol. The van der Waals surface area contributed by atoms with Crippen molar-refractivity contribution in [1.82, 2.24) is 14.5 Å². The van der Waals surface area contributed by atoms with Crippen LogP contribution in [0, 0.1) is 0 Å². The van der Waals surface area contributed by atoms with Crippen molar-refractivity contribution in [3.8, 4) is 5.75 Å². The third kappa shape index (κ3) is 4.38. The zero-order chi connectivity index (χ0) is 22.0. The minimum absolute atomic E-state index is 0.176. The molecule has 8 heteroatoms. The minimum atomic E-state index is -4.65. The van der Waals surface area contributed by atoms with Gasteiger partial charge >= 0.3 is 6.18 Å². The van der Waals surface area contributed by atoms with Crippen LogP contribution in [0.25, 0.3) is 11.0 Å². The second-order valence-electron chi connectivity index (χ2n) is 7.73. The van der Waals surface area contributed by atoms with Gasteiger partial charge in [-0.2, -0.15) is 13.2 Å². The molecule has 0 saturated carbocycles. The Balaban J connectivity index is 1.67. The Morgan fingerprint density at radius 1 is 1.10 bits per heavy atom. The molecule has 1 aliphatic rings. The van der Waals surface area contributed by atoms with Crippen LogP contribution in [0.4, 0.5) is 13.2 Å². The van der Waals surface area contributed by atoms with Crippen LogP contribution in [0.3, 0.4) is 0 Å². The van der Waals surface area contributed by atoms with E-state index in [1.807, 2.05) is 24.3 Å². The highest BCUT2D eigenvalue weighted by atomic mass is 19.4. The van der Waals surface area contributed by atoms with Gasteiger partial charge in [0.25, 0.3) is 0 Å². The number of halogens is 3. The summed E-state index contributed by atoms with van der Waals surface area (Å²) in [7, 11) is 1.59. The lowest BCUT2D eigenvalue weighted by Gasteiger charge is -2.31. The lowest BCUT2D eigenvalue weighted by molar-refractivity contribution is -0.148. The van der Waals surface area contributed by atoms with E-state index in [4.69, 9.17) is 4.74 Å². The fraction of sp³-hybridized carbons (Fsp3) is 0.391. The number of benzene rings is 2. The van der Waals surface area contributed by atoms with Crippen molar-refractivity contribution in [1.29, 1.82) is 0 Å². The summed E-state index contributed by atoms with van der Waals surface area (Å²) in [6.45, 7) is 0.117. The van der Waals surface area contributed by atoms with Gasteiger partial charge in [-0.25, -0.2) is 4.98 Å². The summed E-state index contributed by atoms with van der Waals surface area (Å²) in [6.07, 6.45) is -1.10. The molecule has 1 fully saturated rings. The molecule has 31 heavy (non-hydrogen) atoms. The Kier molecular flexibility index (Phi) is 5.89. The fourth-order valence-corrected chi connectivity index (χ4v) is 4.26. The number of carbonyl (C=O) groups excluding carboxylic acids is 1. The third-order valence-electron chi connectivity index (χ3n) is 5.78. The number of nitrogens with zero attached hydrogens (tertiary/aromatic N) is 3. The van der Waals surface area contributed by atoms with Gasteiger partial charge in [-0.05, 0) is 42.7 Å². The summed E-state index contributed by atoms with van der Waals surface area (Å²) in [4.78, 5) is 18.8. The van der Waals surface area contributed by atoms with Gasteiger partial charge < -0.3 is 14.2 Å². The molecule has 4 rings (SSSR count). The van der Waals surface area contributed by atoms with E-state index in [0.29, 0.717) is 12.1 Å². The second kappa shape index (κ2) is 8.61. The van der Waals surface area contributed by atoms with Gasteiger partial charge in [0.05, 0.1) is 24.2 Å². The topological polar surface area (TPSA) is 47.4 Å². The number of aromatic nitrogens is 2. The molecular formula is C23H24F3N3O2. The SMILES string of the molecule is COc1ccc(C2CCCCCN2C(=O)Cn2c(C(F)(F)F)nc3ccccc32)cc1. The predicted octanol–water partition coefficient (Wildman–Crippen LogP) is 5.21. The number of carbonyl (C=O) groups is 1. The summed E-state index contributed by atoms with van der Waals surface area (Å²) in [5, 5.41) is 0. The first-order valence-electron chi connectivity index (χ1n) is 10.3. The summed E-state index contributed by atoms with van der Waals surface area (Å²) in [5.74, 6) is -0.663. The smallest absolute Gasteiger partial charge is 0.449 e. The van der Waals surface area contributed by atoms with Crippen molar-refractivity contribution in [2.75, 3.05) is 13.7 Å². The number of fused-ring (bicyclic) bond motifs is 1. The molecule has 1 aliphatic heterocycles. The number of alkyl halides is 3. The van der Waals surface area contributed by atoms with E-state index in [9.17, 15) is 18.0 Å². The van der Waals surface area contributed by atoms with Crippen LogP contribution in [0.1, 0.15) is 43.1 Å². The molecule has 2 heterocycles. The zero-order valence-corrected chi connectivity index (χ0v) is 17.2. The maximum absolute atomic E-state index is 13.6. The second-order valence-corrected chi connectivity index (χ2v) is 7.73. The molecule has 0 aliphatic carbocycles. The summed E-state index contributed by atoms with van der Waals surface area (Å²) >= 11 is 0. The number of rotatable bonds is 4. The summed E-state index contributed by atoms with van der Waals surface area (Å²) in [6, 6.07) is 13.7. The zero-order valence-electron chi connectivity index (χ0n) is 17.2. The number of imidazole rings is 1. The molecule has 0 spiro atoms. The Hall–Kier alpha value is -3.03. The minimum Gasteiger partial charge on any atom is -0.497 e. The van der Waals surface area contributed by atoms with Crippen LogP contribution in [0.2, 0.25) is 0 Å². The average molecular weight is 431 g/mol. The average Bonchev–Trinajstić information content (AvgIpc) is 2.95. The van der Waals surface area contributed by atoms with Crippen LogP contribution < -0.4 is 4.74 Å². The van der Waals surface area contributed by atoms with E-state index in [0.717, 1.165) is 41.6 Å². The highest BCUT2D eigenvalue weighted by Crippen LogP contribution is 2.34. The van der Waals surface area contributed by atoms with Crippen LogP contribution >= 0.6 is 0 Å². The van der Waals surface area contributed by atoms with Crippen molar-refractivity contribution in [3.63, 3.8) is 0 Å². The number of methoxy groups -OCH3 is 1. The largest absolute Gasteiger partial charge is 0.497 e. The van der Waals surface area contributed by atoms with Crippen molar-refractivity contribution in [2.45, 2.75) is 44.4 Å².